The van der Waals surface area contributed by atoms with Crippen molar-refractivity contribution in [3.05, 3.63) is 28.2 Å². The molecule has 21 heavy (non-hydrogen) atoms. The van der Waals surface area contributed by atoms with E-state index in [-0.39, 0.29) is 26.4 Å². The van der Waals surface area contributed by atoms with Gasteiger partial charge in [-0.3, -0.25) is 0 Å². The van der Waals surface area contributed by atoms with Gasteiger partial charge in [0.2, 0.25) is 0 Å². The van der Waals surface area contributed by atoms with E-state index in [9.17, 15) is 18.0 Å². The van der Waals surface area contributed by atoms with Gasteiger partial charge in [0.05, 0.1) is 18.8 Å². The molecule has 0 atom stereocenters. The van der Waals surface area contributed by atoms with Crippen LogP contribution < -0.4 is 5.32 Å². The van der Waals surface area contributed by atoms with Crippen molar-refractivity contribution in [3.63, 3.8) is 0 Å². The molecule has 0 spiro atoms. The van der Waals surface area contributed by atoms with E-state index < -0.39 is 17.7 Å². The SMILES string of the molecule is CCOC(=O)COCCNc1cc(C(F)(F)F)ccc1Br. The van der Waals surface area contributed by atoms with Gasteiger partial charge in [-0.2, -0.15) is 13.2 Å². The second-order valence-corrected chi connectivity index (χ2v) is 4.83. The number of nitrogens with one attached hydrogen (secondary N) is 1. The van der Waals surface area contributed by atoms with E-state index in [1.54, 1.807) is 6.92 Å². The maximum atomic E-state index is 12.6. The number of carbonyl (C=O) groups excluding carboxylic acids is 1. The molecule has 0 aromatic heterocycles. The van der Waals surface area contributed by atoms with Crippen molar-refractivity contribution >= 4 is 27.6 Å². The average molecular weight is 370 g/mol. The van der Waals surface area contributed by atoms with Crippen LogP contribution in [0.15, 0.2) is 22.7 Å². The molecule has 8 heteroatoms. The fourth-order valence-electron chi connectivity index (χ4n) is 1.45. The van der Waals surface area contributed by atoms with Crippen molar-refractivity contribution in [2.24, 2.45) is 0 Å². The number of hydrogen-bond donors (Lipinski definition) is 1. The lowest BCUT2D eigenvalue weighted by molar-refractivity contribution is -0.148. The predicted octanol–water partition coefficient (Wildman–Crippen LogP) is 3.46. The molecule has 0 bridgehead atoms. The van der Waals surface area contributed by atoms with Gasteiger partial charge in [-0.15, -0.1) is 0 Å². The molecule has 1 aromatic carbocycles. The summed E-state index contributed by atoms with van der Waals surface area (Å²) in [6, 6.07) is 3.33. The Morgan fingerprint density at radius 3 is 2.71 bits per heavy atom. The van der Waals surface area contributed by atoms with Gasteiger partial charge in [0.25, 0.3) is 0 Å². The molecule has 0 saturated heterocycles. The highest BCUT2D eigenvalue weighted by Gasteiger charge is 2.30. The van der Waals surface area contributed by atoms with Gasteiger partial charge < -0.3 is 14.8 Å². The molecule has 1 aromatic rings. The smallest absolute Gasteiger partial charge is 0.416 e. The molecular formula is C13H15BrF3NO3. The van der Waals surface area contributed by atoms with Crippen LogP contribution in [-0.4, -0.2) is 32.3 Å². The maximum absolute atomic E-state index is 12.6. The molecule has 0 amide bonds. The maximum Gasteiger partial charge on any atom is 0.416 e. The first-order valence-corrected chi connectivity index (χ1v) is 6.98. The van der Waals surface area contributed by atoms with Crippen molar-refractivity contribution in [1.29, 1.82) is 0 Å². The number of benzene rings is 1. The molecule has 0 aliphatic carbocycles. The number of rotatable bonds is 7. The number of halogens is 4. The second kappa shape index (κ2) is 8.23. The Morgan fingerprint density at radius 2 is 2.10 bits per heavy atom. The second-order valence-electron chi connectivity index (χ2n) is 3.98. The van der Waals surface area contributed by atoms with Gasteiger partial charge in [0, 0.05) is 16.7 Å². The lowest BCUT2D eigenvalue weighted by atomic mass is 10.2. The summed E-state index contributed by atoms with van der Waals surface area (Å²) in [4.78, 5) is 11.0. The topological polar surface area (TPSA) is 47.6 Å². The number of esters is 1. The number of hydrogen-bond acceptors (Lipinski definition) is 4. The minimum atomic E-state index is -4.39. The van der Waals surface area contributed by atoms with E-state index >= 15 is 0 Å². The fraction of sp³-hybridized carbons (Fsp3) is 0.462. The Bertz CT molecular complexity index is 480. The Morgan fingerprint density at radius 1 is 1.38 bits per heavy atom. The van der Waals surface area contributed by atoms with Crippen molar-refractivity contribution in [3.8, 4) is 0 Å². The van der Waals surface area contributed by atoms with Gasteiger partial charge in [0.15, 0.2) is 0 Å². The molecule has 0 unspecified atom stereocenters. The first-order valence-electron chi connectivity index (χ1n) is 6.18. The van der Waals surface area contributed by atoms with Crippen LogP contribution in [0.25, 0.3) is 0 Å². The fourth-order valence-corrected chi connectivity index (χ4v) is 1.84. The lowest BCUT2D eigenvalue weighted by Crippen LogP contribution is -2.17. The van der Waals surface area contributed by atoms with E-state index in [4.69, 9.17) is 4.74 Å². The molecule has 0 fully saturated rings. The summed E-state index contributed by atoms with van der Waals surface area (Å²) in [6.07, 6.45) is -4.39. The van der Waals surface area contributed by atoms with Gasteiger partial charge in [0.1, 0.15) is 6.61 Å². The van der Waals surface area contributed by atoms with Crippen LogP contribution in [0.2, 0.25) is 0 Å². The van der Waals surface area contributed by atoms with Gasteiger partial charge in [-0.05, 0) is 41.1 Å². The van der Waals surface area contributed by atoms with Gasteiger partial charge in [-0.25, -0.2) is 4.79 Å². The lowest BCUT2D eigenvalue weighted by Gasteiger charge is -2.12. The Hall–Kier alpha value is -1.28. The molecule has 4 nitrogen and oxygen atoms in total. The van der Waals surface area contributed by atoms with Crippen LogP contribution in [0.1, 0.15) is 12.5 Å². The van der Waals surface area contributed by atoms with Crippen LogP contribution in [-0.2, 0) is 20.4 Å². The third-order valence-electron chi connectivity index (χ3n) is 2.38. The number of alkyl halides is 3. The Labute approximate surface area is 128 Å². The summed E-state index contributed by atoms with van der Waals surface area (Å²) in [5.74, 6) is -0.474. The van der Waals surface area contributed by atoms with Gasteiger partial charge >= 0.3 is 12.1 Å². The third kappa shape index (κ3) is 6.34. The third-order valence-corrected chi connectivity index (χ3v) is 3.07. The molecule has 0 heterocycles. The molecule has 0 radical (unpaired) electrons. The summed E-state index contributed by atoms with van der Waals surface area (Å²) in [6.45, 7) is 2.21. The number of ether oxygens (including phenoxy) is 2. The first kappa shape index (κ1) is 17.8. The van der Waals surface area contributed by atoms with Crippen LogP contribution in [0.3, 0.4) is 0 Å². The zero-order valence-corrected chi connectivity index (χ0v) is 12.9. The monoisotopic (exact) mass is 369 g/mol. The average Bonchev–Trinajstić information content (AvgIpc) is 2.39. The molecule has 0 aliphatic rings. The van der Waals surface area contributed by atoms with E-state index in [1.807, 2.05) is 0 Å². The normalized spacial score (nSPS) is 11.3. The number of carbonyl (C=O) groups is 1. The standard InChI is InChI=1S/C13H15BrF3NO3/c1-2-21-12(19)8-20-6-5-18-11-7-9(13(15,16)17)3-4-10(11)14/h3-4,7,18H,2,5-6,8H2,1H3. The van der Waals surface area contributed by atoms with E-state index in [0.717, 1.165) is 12.1 Å². The van der Waals surface area contributed by atoms with E-state index in [2.05, 4.69) is 26.0 Å². The van der Waals surface area contributed by atoms with Crippen LogP contribution >= 0.6 is 15.9 Å². The highest BCUT2D eigenvalue weighted by molar-refractivity contribution is 9.10. The number of anilines is 1. The minimum absolute atomic E-state index is 0.168. The minimum Gasteiger partial charge on any atom is -0.464 e. The van der Waals surface area contributed by atoms with Crippen molar-refractivity contribution in [1.82, 2.24) is 0 Å². The van der Waals surface area contributed by atoms with E-state index in [1.165, 1.54) is 6.07 Å². The molecule has 1 rings (SSSR count). The zero-order chi connectivity index (χ0) is 15.9. The summed E-state index contributed by atoms with van der Waals surface area (Å²) >= 11 is 3.17. The van der Waals surface area contributed by atoms with Crippen molar-refractivity contribution in [2.75, 3.05) is 31.7 Å². The predicted molar refractivity (Wildman–Crippen MR) is 75.1 cm³/mol. The summed E-state index contributed by atoms with van der Waals surface area (Å²) in [5, 5.41) is 2.81. The largest absolute Gasteiger partial charge is 0.464 e. The summed E-state index contributed by atoms with van der Waals surface area (Å²) < 4.78 is 48.0. The zero-order valence-electron chi connectivity index (χ0n) is 11.3. The van der Waals surface area contributed by atoms with Gasteiger partial charge in [-0.1, -0.05) is 0 Å². The Balaban J connectivity index is 2.43. The molecule has 1 N–H and O–H groups in total. The summed E-state index contributed by atoms with van der Waals surface area (Å²) in [5.41, 5.74) is -0.426. The van der Waals surface area contributed by atoms with Crippen LogP contribution in [0.5, 0.6) is 0 Å². The Kier molecular flexibility index (Phi) is 6.97. The highest BCUT2D eigenvalue weighted by Crippen LogP contribution is 2.33. The quantitative estimate of drug-likeness (QED) is 0.590. The van der Waals surface area contributed by atoms with E-state index in [0.29, 0.717) is 10.2 Å². The highest BCUT2D eigenvalue weighted by atomic mass is 79.9. The van der Waals surface area contributed by atoms with Crippen LogP contribution in [0, 0.1) is 0 Å². The molecule has 118 valence electrons. The first-order chi connectivity index (χ1) is 9.84. The molecular weight excluding hydrogens is 355 g/mol. The van der Waals surface area contributed by atoms with Crippen molar-refractivity contribution in [2.45, 2.75) is 13.1 Å². The molecule has 0 aliphatic heterocycles. The molecule has 0 saturated carbocycles. The van der Waals surface area contributed by atoms with Crippen LogP contribution in [0.4, 0.5) is 18.9 Å². The summed E-state index contributed by atoms with van der Waals surface area (Å²) in [7, 11) is 0. The van der Waals surface area contributed by atoms with Crippen molar-refractivity contribution < 1.29 is 27.4 Å².